The highest BCUT2D eigenvalue weighted by Gasteiger charge is 2.35. The van der Waals surface area contributed by atoms with Gasteiger partial charge in [-0.2, -0.15) is 0 Å². The third-order valence-corrected chi connectivity index (χ3v) is 7.81. The van der Waals surface area contributed by atoms with Gasteiger partial charge in [-0.1, -0.05) is 55.8 Å². The van der Waals surface area contributed by atoms with Crippen LogP contribution in [0.2, 0.25) is 5.02 Å². The molecule has 1 heterocycles. The fraction of sp³-hybridized carbons (Fsp3) is 0.294. The second-order valence-corrected chi connectivity index (χ2v) is 11.7. The number of thioether (sulfide) groups is 1. The number of ether oxygens (including phenoxy) is 3. The molecule has 8 heteroatoms. The van der Waals surface area contributed by atoms with Gasteiger partial charge >= 0.3 is 0 Å². The first kappa shape index (κ1) is 31.3. The van der Waals surface area contributed by atoms with Crippen molar-refractivity contribution in [3.8, 4) is 17.2 Å². The molecule has 0 unspecified atom stereocenters. The van der Waals surface area contributed by atoms with E-state index in [2.05, 4.69) is 32.6 Å². The molecule has 0 atom stereocenters. The van der Waals surface area contributed by atoms with Crippen molar-refractivity contribution in [3.05, 3.63) is 105 Å². The van der Waals surface area contributed by atoms with Crippen molar-refractivity contribution >= 4 is 40.6 Å². The third-order valence-electron chi connectivity index (χ3n) is 6.65. The highest BCUT2D eigenvalue weighted by Crippen LogP contribution is 2.38. The zero-order valence-corrected chi connectivity index (χ0v) is 26.0. The lowest BCUT2D eigenvalue weighted by Crippen LogP contribution is -2.32. The molecule has 1 aliphatic rings. The van der Waals surface area contributed by atoms with Gasteiger partial charge in [-0.05, 0) is 96.6 Å². The SMILES string of the molecule is C=CCc1cc(/C=C2\SC(=O)N(CCOc3cc(C)ccc3C(C)C)C2=O)cc(OCC)c1OCc1ccc(Cl)cc1. The number of amides is 2. The summed E-state index contributed by atoms with van der Waals surface area (Å²) in [6, 6.07) is 17.3. The van der Waals surface area contributed by atoms with Crippen LogP contribution in [-0.4, -0.2) is 35.8 Å². The normalized spacial score (nSPS) is 14.1. The molecule has 0 aromatic heterocycles. The number of halogens is 1. The van der Waals surface area contributed by atoms with Gasteiger partial charge in [-0.15, -0.1) is 6.58 Å². The second-order valence-electron chi connectivity index (χ2n) is 10.2. The van der Waals surface area contributed by atoms with Crippen molar-refractivity contribution in [2.24, 2.45) is 0 Å². The molecule has 3 aromatic rings. The topological polar surface area (TPSA) is 65.1 Å². The Morgan fingerprint density at radius 3 is 2.45 bits per heavy atom. The largest absolute Gasteiger partial charge is 0.491 e. The number of imide groups is 1. The average molecular weight is 606 g/mol. The number of hydrogen-bond donors (Lipinski definition) is 0. The summed E-state index contributed by atoms with van der Waals surface area (Å²) in [5.41, 5.74) is 4.75. The van der Waals surface area contributed by atoms with E-state index in [4.69, 9.17) is 25.8 Å². The van der Waals surface area contributed by atoms with Crippen LogP contribution in [0.15, 0.2) is 72.2 Å². The molecule has 0 saturated carbocycles. The smallest absolute Gasteiger partial charge is 0.293 e. The van der Waals surface area contributed by atoms with E-state index < -0.39 is 0 Å². The molecule has 0 radical (unpaired) electrons. The molecule has 0 bridgehead atoms. The van der Waals surface area contributed by atoms with Crippen molar-refractivity contribution in [3.63, 3.8) is 0 Å². The fourth-order valence-electron chi connectivity index (χ4n) is 4.57. The molecule has 4 rings (SSSR count). The number of benzene rings is 3. The maximum Gasteiger partial charge on any atom is 0.293 e. The third kappa shape index (κ3) is 7.78. The van der Waals surface area contributed by atoms with E-state index in [0.29, 0.717) is 47.0 Å². The summed E-state index contributed by atoms with van der Waals surface area (Å²) in [5.74, 6) is 1.91. The Morgan fingerprint density at radius 2 is 1.76 bits per heavy atom. The van der Waals surface area contributed by atoms with E-state index in [1.165, 1.54) is 4.90 Å². The molecule has 1 saturated heterocycles. The molecule has 0 aliphatic carbocycles. The number of carbonyl (C=O) groups is 2. The molecule has 0 spiro atoms. The van der Waals surface area contributed by atoms with Crippen molar-refractivity contribution in [2.45, 2.75) is 46.6 Å². The van der Waals surface area contributed by atoms with E-state index in [0.717, 1.165) is 45.3 Å². The minimum atomic E-state index is -0.340. The van der Waals surface area contributed by atoms with E-state index in [1.807, 2.05) is 56.3 Å². The van der Waals surface area contributed by atoms with E-state index in [-0.39, 0.29) is 24.3 Å². The lowest BCUT2D eigenvalue weighted by atomic mass is 10.0. The Kier molecular flexibility index (Phi) is 10.8. The molecule has 2 amide bonds. The maximum atomic E-state index is 13.2. The monoisotopic (exact) mass is 605 g/mol. The summed E-state index contributed by atoms with van der Waals surface area (Å²) in [7, 11) is 0. The summed E-state index contributed by atoms with van der Waals surface area (Å²) in [6.07, 6.45) is 4.05. The number of allylic oxidation sites excluding steroid dienone is 1. The van der Waals surface area contributed by atoms with Crippen molar-refractivity contribution in [1.29, 1.82) is 0 Å². The van der Waals surface area contributed by atoms with Gasteiger partial charge in [0.25, 0.3) is 11.1 Å². The van der Waals surface area contributed by atoms with Gasteiger partial charge in [0.05, 0.1) is 18.1 Å². The molecule has 3 aromatic carbocycles. The van der Waals surface area contributed by atoms with Gasteiger partial charge < -0.3 is 14.2 Å². The van der Waals surface area contributed by atoms with Crippen LogP contribution in [0, 0.1) is 6.92 Å². The summed E-state index contributed by atoms with van der Waals surface area (Å²) in [6.45, 7) is 13.2. The average Bonchev–Trinajstić information content (AvgIpc) is 3.21. The zero-order valence-electron chi connectivity index (χ0n) is 24.4. The van der Waals surface area contributed by atoms with Gasteiger partial charge in [-0.3, -0.25) is 14.5 Å². The van der Waals surface area contributed by atoms with Gasteiger partial charge in [0, 0.05) is 10.6 Å². The molecule has 0 N–H and O–H groups in total. The van der Waals surface area contributed by atoms with Gasteiger partial charge in [0.2, 0.25) is 0 Å². The predicted octanol–water partition coefficient (Wildman–Crippen LogP) is 8.59. The fourth-order valence-corrected chi connectivity index (χ4v) is 5.56. The number of carbonyl (C=O) groups excluding carboxylic acids is 2. The Balaban J connectivity index is 1.51. The molecular formula is C34H36ClNO5S. The van der Waals surface area contributed by atoms with Crippen LogP contribution in [0.4, 0.5) is 4.79 Å². The lowest BCUT2D eigenvalue weighted by molar-refractivity contribution is -0.123. The Bertz CT molecular complexity index is 1480. The highest BCUT2D eigenvalue weighted by atomic mass is 35.5. The second kappa shape index (κ2) is 14.5. The summed E-state index contributed by atoms with van der Waals surface area (Å²) < 4.78 is 18.2. The molecule has 220 valence electrons. The number of aryl methyl sites for hydroxylation is 1. The van der Waals surface area contributed by atoms with E-state index in [1.54, 1.807) is 12.2 Å². The molecule has 1 fully saturated rings. The number of nitrogens with zero attached hydrogens (tertiary/aromatic N) is 1. The van der Waals surface area contributed by atoms with Crippen LogP contribution in [0.3, 0.4) is 0 Å². The van der Waals surface area contributed by atoms with Gasteiger partial charge in [-0.25, -0.2) is 0 Å². The molecule has 6 nitrogen and oxygen atoms in total. The first-order chi connectivity index (χ1) is 20.2. The van der Waals surface area contributed by atoms with Crippen molar-refractivity contribution in [2.75, 3.05) is 19.8 Å². The predicted molar refractivity (Wildman–Crippen MR) is 171 cm³/mol. The maximum absolute atomic E-state index is 13.2. The summed E-state index contributed by atoms with van der Waals surface area (Å²) in [5, 5.41) is 0.344. The van der Waals surface area contributed by atoms with Gasteiger partial charge in [0.15, 0.2) is 11.5 Å². The standard InChI is InChI=1S/C34H36ClNO5S/c1-6-8-26-18-25(19-30(39-7-2)32(26)41-21-24-10-12-27(35)13-11-24)20-31-33(37)36(34(38)42-31)15-16-40-29-17-23(5)9-14-28(29)22(3)4/h6,9-14,17-20,22H,1,7-8,15-16,21H2,2-5H3/b31-20-. The highest BCUT2D eigenvalue weighted by molar-refractivity contribution is 8.18. The van der Waals surface area contributed by atoms with Crippen molar-refractivity contribution in [1.82, 2.24) is 4.90 Å². The van der Waals surface area contributed by atoms with Crippen LogP contribution in [0.5, 0.6) is 17.2 Å². The molecule has 42 heavy (non-hydrogen) atoms. The van der Waals surface area contributed by atoms with Crippen molar-refractivity contribution < 1.29 is 23.8 Å². The van der Waals surface area contributed by atoms with Crippen LogP contribution >= 0.6 is 23.4 Å². The van der Waals surface area contributed by atoms with E-state index >= 15 is 0 Å². The van der Waals surface area contributed by atoms with Gasteiger partial charge in [0.1, 0.15) is 19.0 Å². The quantitative estimate of drug-likeness (QED) is 0.144. The summed E-state index contributed by atoms with van der Waals surface area (Å²) in [4.78, 5) is 27.6. The number of rotatable bonds is 13. The summed E-state index contributed by atoms with van der Waals surface area (Å²) >= 11 is 6.94. The first-order valence-corrected chi connectivity index (χ1v) is 15.2. The van der Waals surface area contributed by atoms with Crippen LogP contribution in [0.1, 0.15) is 54.5 Å². The van der Waals surface area contributed by atoms with Crippen LogP contribution in [-0.2, 0) is 17.8 Å². The molecule has 1 aliphatic heterocycles. The molecular weight excluding hydrogens is 570 g/mol. The Hall–Kier alpha value is -3.68. The minimum Gasteiger partial charge on any atom is -0.491 e. The van der Waals surface area contributed by atoms with Crippen LogP contribution in [0.25, 0.3) is 6.08 Å². The van der Waals surface area contributed by atoms with Crippen LogP contribution < -0.4 is 14.2 Å². The Labute approximate surface area is 257 Å². The Morgan fingerprint density at radius 1 is 1.00 bits per heavy atom. The van der Waals surface area contributed by atoms with E-state index in [9.17, 15) is 9.59 Å². The zero-order chi connectivity index (χ0) is 30.2. The minimum absolute atomic E-state index is 0.164. The first-order valence-electron chi connectivity index (χ1n) is 14.0. The number of hydrogen-bond acceptors (Lipinski definition) is 6. The lowest BCUT2D eigenvalue weighted by Gasteiger charge is -2.17.